The zero-order valence-corrected chi connectivity index (χ0v) is 22.0. The number of rotatable bonds is 2. The van der Waals surface area contributed by atoms with Crippen LogP contribution in [0.2, 0.25) is 5.15 Å². The van der Waals surface area contributed by atoms with Crippen LogP contribution in [0.5, 0.6) is 0 Å². The van der Waals surface area contributed by atoms with Gasteiger partial charge >= 0.3 is 0 Å². The van der Waals surface area contributed by atoms with Gasteiger partial charge in [-0.05, 0) is 59.3 Å². The van der Waals surface area contributed by atoms with Gasteiger partial charge in [-0.2, -0.15) is 10.5 Å². The second-order valence-corrected chi connectivity index (χ2v) is 10.6. The molecule has 0 aliphatic rings. The SMILES string of the molecule is N#Cc1ccc2c(c1)nc(Cl)c1ccsc12.N#Cc1ccc2c(c1)nc(Nc1ccccc1)c1ccsc12. The molecule has 180 valence electrons. The Hall–Kier alpha value is -4.53. The number of hydrogen-bond donors (Lipinski definition) is 1. The number of nitriles is 2. The number of nitrogens with zero attached hydrogens (tertiary/aromatic N) is 4. The molecular weight excluding hydrogens is 530 g/mol. The number of halogens is 1. The number of hydrogen-bond acceptors (Lipinski definition) is 7. The molecule has 1 N–H and O–H groups in total. The molecule has 0 bridgehead atoms. The van der Waals surface area contributed by atoms with Crippen LogP contribution in [0.3, 0.4) is 0 Å². The molecule has 4 heterocycles. The van der Waals surface area contributed by atoms with Gasteiger partial charge in [0.05, 0.1) is 34.3 Å². The number of thiophene rings is 2. The van der Waals surface area contributed by atoms with Crippen molar-refractivity contribution in [2.75, 3.05) is 5.32 Å². The van der Waals surface area contributed by atoms with Crippen LogP contribution in [0.4, 0.5) is 11.5 Å². The molecular formula is C30H16ClN5S2. The van der Waals surface area contributed by atoms with Gasteiger partial charge in [0.25, 0.3) is 0 Å². The van der Waals surface area contributed by atoms with E-state index >= 15 is 0 Å². The molecule has 0 fully saturated rings. The highest BCUT2D eigenvalue weighted by atomic mass is 35.5. The molecule has 38 heavy (non-hydrogen) atoms. The largest absolute Gasteiger partial charge is 0.340 e. The van der Waals surface area contributed by atoms with E-state index in [1.54, 1.807) is 34.8 Å². The quantitative estimate of drug-likeness (QED) is 0.219. The van der Waals surface area contributed by atoms with E-state index in [0.29, 0.717) is 16.3 Å². The molecule has 0 unspecified atom stereocenters. The fraction of sp³-hybridized carbons (Fsp3) is 0. The Morgan fingerprint density at radius 1 is 0.658 bits per heavy atom. The number of anilines is 2. The number of pyridine rings is 2. The van der Waals surface area contributed by atoms with Crippen molar-refractivity contribution in [1.82, 2.24) is 9.97 Å². The highest BCUT2D eigenvalue weighted by Gasteiger charge is 2.11. The maximum atomic E-state index is 9.08. The van der Waals surface area contributed by atoms with Crippen LogP contribution < -0.4 is 5.32 Å². The van der Waals surface area contributed by atoms with Crippen LogP contribution in [-0.2, 0) is 0 Å². The third-order valence-corrected chi connectivity index (χ3v) is 8.22. The lowest BCUT2D eigenvalue weighted by Gasteiger charge is -2.09. The summed E-state index contributed by atoms with van der Waals surface area (Å²) < 4.78 is 2.31. The van der Waals surface area contributed by atoms with Crippen molar-refractivity contribution in [3.8, 4) is 12.1 Å². The average Bonchev–Trinajstić information content (AvgIpc) is 3.65. The second kappa shape index (κ2) is 10.1. The maximum absolute atomic E-state index is 9.08. The van der Waals surface area contributed by atoms with Crippen LogP contribution in [0, 0.1) is 22.7 Å². The lowest BCUT2D eigenvalue weighted by molar-refractivity contribution is 1.40. The Morgan fingerprint density at radius 3 is 1.87 bits per heavy atom. The molecule has 3 aromatic carbocycles. The Balaban J connectivity index is 0.000000146. The lowest BCUT2D eigenvalue weighted by Crippen LogP contribution is -1.95. The number of aromatic nitrogens is 2. The molecule has 0 atom stereocenters. The zero-order valence-electron chi connectivity index (χ0n) is 19.6. The molecule has 5 nitrogen and oxygen atoms in total. The van der Waals surface area contributed by atoms with Gasteiger partial charge in [-0.1, -0.05) is 41.9 Å². The molecule has 0 radical (unpaired) electrons. The summed E-state index contributed by atoms with van der Waals surface area (Å²) in [4.78, 5) is 9.03. The normalized spacial score (nSPS) is 10.7. The van der Waals surface area contributed by atoms with Crippen LogP contribution in [-0.4, -0.2) is 9.97 Å². The van der Waals surface area contributed by atoms with E-state index in [2.05, 4.69) is 33.9 Å². The van der Waals surface area contributed by atoms with E-state index in [1.165, 1.54) is 4.70 Å². The molecule has 0 spiro atoms. The summed E-state index contributed by atoms with van der Waals surface area (Å²) >= 11 is 9.41. The first-order valence-corrected chi connectivity index (χ1v) is 13.7. The summed E-state index contributed by atoms with van der Waals surface area (Å²) in [6.07, 6.45) is 0. The summed E-state index contributed by atoms with van der Waals surface area (Å²) in [6.45, 7) is 0. The topological polar surface area (TPSA) is 85.4 Å². The molecule has 7 aromatic rings. The third kappa shape index (κ3) is 4.40. The Morgan fingerprint density at radius 2 is 1.24 bits per heavy atom. The van der Waals surface area contributed by atoms with Crippen molar-refractivity contribution in [3.05, 3.63) is 106 Å². The summed E-state index contributed by atoms with van der Waals surface area (Å²) in [6, 6.07) is 29.4. The number of benzene rings is 3. The smallest absolute Gasteiger partial charge is 0.139 e. The number of fused-ring (bicyclic) bond motifs is 6. The Kier molecular flexibility index (Phi) is 6.33. The predicted molar refractivity (Wildman–Crippen MR) is 158 cm³/mol. The highest BCUT2D eigenvalue weighted by molar-refractivity contribution is 7.18. The molecule has 0 aliphatic heterocycles. The van der Waals surface area contributed by atoms with Crippen molar-refractivity contribution in [3.63, 3.8) is 0 Å². The van der Waals surface area contributed by atoms with E-state index in [0.717, 1.165) is 48.8 Å². The molecule has 0 saturated heterocycles. The highest BCUT2D eigenvalue weighted by Crippen LogP contribution is 2.35. The predicted octanol–water partition coefficient (Wildman–Crippen LogP) is 9.04. The summed E-state index contributed by atoms with van der Waals surface area (Å²) in [5.41, 5.74) is 3.85. The Bertz CT molecular complexity index is 2050. The van der Waals surface area contributed by atoms with Crippen molar-refractivity contribution in [2.24, 2.45) is 0 Å². The molecule has 0 amide bonds. The standard InChI is InChI=1S/C18H11N3S.C12H5ClN2S/c19-11-12-6-7-14-16(10-12)21-18(15-8-9-22-17(14)15)20-13-4-2-1-3-5-13;13-12-9-3-4-16-11(9)8-2-1-7(6-14)5-10(8)15-12/h1-10H,(H,20,21);1-5H. The van der Waals surface area contributed by atoms with Crippen LogP contribution in [0.15, 0.2) is 89.6 Å². The van der Waals surface area contributed by atoms with Gasteiger partial charge in [0.1, 0.15) is 11.0 Å². The summed E-state index contributed by atoms with van der Waals surface area (Å²) in [5.74, 6) is 0.824. The van der Waals surface area contributed by atoms with Crippen LogP contribution >= 0.6 is 34.3 Å². The molecule has 7 rings (SSSR count). The van der Waals surface area contributed by atoms with Crippen LogP contribution in [0.25, 0.3) is 42.0 Å². The van der Waals surface area contributed by atoms with E-state index in [9.17, 15) is 0 Å². The minimum absolute atomic E-state index is 0.499. The van der Waals surface area contributed by atoms with Gasteiger partial charge in [0.2, 0.25) is 0 Å². The molecule has 0 saturated carbocycles. The average molecular weight is 546 g/mol. The van der Waals surface area contributed by atoms with Crippen molar-refractivity contribution >= 4 is 87.8 Å². The van der Waals surface area contributed by atoms with Crippen molar-refractivity contribution in [1.29, 1.82) is 10.5 Å². The molecule has 8 heteroatoms. The fourth-order valence-electron chi connectivity index (χ4n) is 4.26. The van der Waals surface area contributed by atoms with Gasteiger partial charge < -0.3 is 5.32 Å². The summed E-state index contributed by atoms with van der Waals surface area (Å²) in [7, 11) is 0. The first-order chi connectivity index (χ1) is 18.6. The fourth-order valence-corrected chi connectivity index (χ4v) is 6.42. The van der Waals surface area contributed by atoms with Crippen molar-refractivity contribution in [2.45, 2.75) is 0 Å². The lowest BCUT2D eigenvalue weighted by atomic mass is 10.1. The third-order valence-electron chi connectivity index (χ3n) is 6.04. The zero-order chi connectivity index (χ0) is 26.1. The first kappa shape index (κ1) is 23.8. The number of para-hydroxylation sites is 1. The number of nitrogens with one attached hydrogen (secondary N) is 1. The monoisotopic (exact) mass is 545 g/mol. The van der Waals surface area contributed by atoms with E-state index in [4.69, 9.17) is 27.1 Å². The molecule has 0 aliphatic carbocycles. The Labute approximate surface area is 230 Å². The van der Waals surface area contributed by atoms with Gasteiger partial charge in [-0.3, -0.25) is 0 Å². The minimum atomic E-state index is 0.499. The van der Waals surface area contributed by atoms with E-state index in [-0.39, 0.29) is 0 Å². The van der Waals surface area contributed by atoms with Gasteiger partial charge in [-0.15, -0.1) is 22.7 Å². The maximum Gasteiger partial charge on any atom is 0.139 e. The first-order valence-electron chi connectivity index (χ1n) is 11.5. The molecule has 4 aromatic heterocycles. The van der Waals surface area contributed by atoms with Gasteiger partial charge in [0, 0.05) is 36.6 Å². The van der Waals surface area contributed by atoms with E-state index < -0.39 is 0 Å². The van der Waals surface area contributed by atoms with E-state index in [1.807, 2.05) is 66.0 Å². The second-order valence-electron chi connectivity index (χ2n) is 8.37. The minimum Gasteiger partial charge on any atom is -0.340 e. The van der Waals surface area contributed by atoms with Crippen LogP contribution in [0.1, 0.15) is 11.1 Å². The van der Waals surface area contributed by atoms with Gasteiger partial charge in [0.15, 0.2) is 0 Å². The van der Waals surface area contributed by atoms with Gasteiger partial charge in [-0.25, -0.2) is 9.97 Å². The summed E-state index contributed by atoms with van der Waals surface area (Å²) in [5, 5.41) is 30.1. The van der Waals surface area contributed by atoms with Crippen molar-refractivity contribution < 1.29 is 0 Å².